The molecule has 1 unspecified atom stereocenters. The predicted octanol–water partition coefficient (Wildman–Crippen LogP) is 1.54. The third-order valence-electron chi connectivity index (χ3n) is 4.46. The number of aromatic nitrogens is 3. The largest absolute Gasteiger partial charge is 0.344 e. The van der Waals surface area contributed by atoms with E-state index in [1.165, 1.54) is 22.9 Å². The number of amides is 1. The lowest BCUT2D eigenvalue weighted by Gasteiger charge is -2.25. The molecule has 1 amide bonds. The molecule has 25 heavy (non-hydrogen) atoms. The first-order valence-corrected chi connectivity index (χ1v) is 8.69. The summed E-state index contributed by atoms with van der Waals surface area (Å²) in [5.74, 6) is -0.311. The van der Waals surface area contributed by atoms with Crippen molar-refractivity contribution in [3.63, 3.8) is 0 Å². The summed E-state index contributed by atoms with van der Waals surface area (Å²) in [5.41, 5.74) is 1.72. The van der Waals surface area contributed by atoms with Gasteiger partial charge in [-0.2, -0.15) is 5.10 Å². The number of rotatable bonds is 5. The van der Waals surface area contributed by atoms with Crippen LogP contribution < -0.4 is 16.4 Å². The summed E-state index contributed by atoms with van der Waals surface area (Å²) in [6.45, 7) is 2.54. The van der Waals surface area contributed by atoms with Crippen molar-refractivity contribution < 1.29 is 4.79 Å². The lowest BCUT2D eigenvalue weighted by molar-refractivity contribution is 0.0925. The number of nitrogens with zero attached hydrogens (tertiary/aromatic N) is 2. The monoisotopic (exact) mass is 342 g/mol. The van der Waals surface area contributed by atoms with Crippen molar-refractivity contribution in [2.24, 2.45) is 0 Å². The molecular weight excluding hydrogens is 320 g/mol. The number of hydrogen-bond donors (Lipinski definition) is 2. The van der Waals surface area contributed by atoms with Gasteiger partial charge in [-0.25, -0.2) is 4.68 Å². The first kappa shape index (κ1) is 17.1. The summed E-state index contributed by atoms with van der Waals surface area (Å²) in [6.07, 6.45) is 4.28. The van der Waals surface area contributed by atoms with E-state index < -0.39 is 0 Å². The van der Waals surface area contributed by atoms with Crippen LogP contribution >= 0.6 is 0 Å². The number of nitrogens with one attached hydrogen (secondary N) is 2. The molecule has 0 aliphatic heterocycles. The Labute approximate surface area is 145 Å². The molecule has 1 atom stereocenters. The van der Waals surface area contributed by atoms with Gasteiger partial charge in [0.2, 0.25) is 5.56 Å². The summed E-state index contributed by atoms with van der Waals surface area (Å²) in [6, 6.07) is 5.92. The second-order valence-corrected chi connectivity index (χ2v) is 6.31. The van der Waals surface area contributed by atoms with Gasteiger partial charge in [0, 0.05) is 24.4 Å². The topological polar surface area (TPSA) is 96.8 Å². The van der Waals surface area contributed by atoms with Gasteiger partial charge in [0.25, 0.3) is 11.5 Å². The van der Waals surface area contributed by atoms with Crippen molar-refractivity contribution in [1.82, 2.24) is 20.1 Å². The first-order valence-electron chi connectivity index (χ1n) is 8.69. The van der Waals surface area contributed by atoms with Gasteiger partial charge in [-0.1, -0.05) is 13.3 Å². The Morgan fingerprint density at radius 3 is 2.96 bits per heavy atom. The van der Waals surface area contributed by atoms with Crippen molar-refractivity contribution in [3.05, 3.63) is 61.9 Å². The fourth-order valence-electron chi connectivity index (χ4n) is 3.12. The Hall–Kier alpha value is -2.70. The molecule has 2 aromatic heterocycles. The quantitative estimate of drug-likeness (QED) is 0.861. The van der Waals surface area contributed by atoms with Gasteiger partial charge in [0.1, 0.15) is 5.69 Å². The summed E-state index contributed by atoms with van der Waals surface area (Å²) >= 11 is 0. The molecule has 0 bridgehead atoms. The van der Waals surface area contributed by atoms with Crippen LogP contribution in [-0.4, -0.2) is 20.7 Å². The SMILES string of the molecule is CCCCn1nc(C(=O)NC2CCCc3[nH]c(=O)ccc32)ccc1=O. The Bertz CT molecular complexity index is 884. The van der Waals surface area contributed by atoms with E-state index in [2.05, 4.69) is 15.4 Å². The first-order chi connectivity index (χ1) is 12.1. The minimum Gasteiger partial charge on any atom is -0.344 e. The Kier molecular flexibility index (Phi) is 5.11. The fraction of sp³-hybridized carbons (Fsp3) is 0.444. The number of fused-ring (bicyclic) bond motifs is 1. The van der Waals surface area contributed by atoms with Crippen LogP contribution in [0, 0.1) is 0 Å². The molecular formula is C18H22N4O3. The summed E-state index contributed by atoms with van der Waals surface area (Å²) < 4.78 is 1.34. The molecule has 0 saturated heterocycles. The van der Waals surface area contributed by atoms with Gasteiger partial charge in [-0.3, -0.25) is 14.4 Å². The highest BCUT2D eigenvalue weighted by Crippen LogP contribution is 2.27. The highest BCUT2D eigenvalue weighted by atomic mass is 16.2. The van der Waals surface area contributed by atoms with Crippen LogP contribution in [-0.2, 0) is 13.0 Å². The third kappa shape index (κ3) is 3.87. The molecule has 1 aliphatic carbocycles. The van der Waals surface area contributed by atoms with Crippen molar-refractivity contribution in [1.29, 1.82) is 0 Å². The van der Waals surface area contributed by atoms with Crippen molar-refractivity contribution in [3.8, 4) is 0 Å². The summed E-state index contributed by atoms with van der Waals surface area (Å²) in [4.78, 5) is 38.7. The normalized spacial score (nSPS) is 16.3. The van der Waals surface area contributed by atoms with Gasteiger partial charge in [0.15, 0.2) is 0 Å². The molecule has 0 spiro atoms. The molecule has 132 valence electrons. The molecule has 0 saturated carbocycles. The van der Waals surface area contributed by atoms with E-state index in [0.717, 1.165) is 43.4 Å². The Balaban J connectivity index is 1.79. The van der Waals surface area contributed by atoms with Crippen LogP contribution in [0.2, 0.25) is 0 Å². The zero-order chi connectivity index (χ0) is 17.8. The van der Waals surface area contributed by atoms with Gasteiger partial charge in [-0.15, -0.1) is 0 Å². The molecule has 0 fully saturated rings. The fourth-order valence-corrected chi connectivity index (χ4v) is 3.12. The second kappa shape index (κ2) is 7.46. The Morgan fingerprint density at radius 1 is 1.32 bits per heavy atom. The van der Waals surface area contributed by atoms with Crippen LogP contribution in [0.3, 0.4) is 0 Å². The van der Waals surface area contributed by atoms with Crippen molar-refractivity contribution in [2.45, 2.75) is 51.6 Å². The van der Waals surface area contributed by atoms with Gasteiger partial charge in [-0.05, 0) is 43.4 Å². The summed E-state index contributed by atoms with van der Waals surface area (Å²) in [7, 11) is 0. The van der Waals surface area contributed by atoms with E-state index in [-0.39, 0.29) is 28.8 Å². The van der Waals surface area contributed by atoms with Crippen LogP contribution in [0.4, 0.5) is 0 Å². The Morgan fingerprint density at radius 2 is 2.16 bits per heavy atom. The molecule has 2 aromatic rings. The number of aryl methyl sites for hydroxylation is 2. The van der Waals surface area contributed by atoms with Crippen LogP contribution in [0.15, 0.2) is 33.9 Å². The molecule has 0 radical (unpaired) electrons. The van der Waals surface area contributed by atoms with E-state index in [1.807, 2.05) is 6.92 Å². The highest BCUT2D eigenvalue weighted by Gasteiger charge is 2.23. The van der Waals surface area contributed by atoms with E-state index in [0.29, 0.717) is 6.54 Å². The lowest BCUT2D eigenvalue weighted by atomic mass is 9.91. The van der Waals surface area contributed by atoms with Crippen LogP contribution in [0.5, 0.6) is 0 Å². The van der Waals surface area contributed by atoms with E-state index in [9.17, 15) is 14.4 Å². The minimum atomic E-state index is -0.311. The molecule has 3 rings (SSSR count). The maximum atomic E-state index is 12.6. The average molecular weight is 342 g/mol. The molecule has 1 aliphatic rings. The number of unbranched alkanes of at least 4 members (excludes halogenated alkanes) is 1. The maximum Gasteiger partial charge on any atom is 0.272 e. The van der Waals surface area contributed by atoms with Crippen molar-refractivity contribution in [2.75, 3.05) is 0 Å². The standard InChI is InChI=1S/C18H22N4O3/c1-2-3-11-22-17(24)10-8-15(21-22)18(25)20-14-6-4-5-13-12(14)7-9-16(23)19-13/h7-10,14H,2-6,11H2,1H3,(H,19,23)(H,20,25). The maximum absolute atomic E-state index is 12.6. The van der Waals surface area contributed by atoms with Crippen molar-refractivity contribution >= 4 is 5.91 Å². The number of hydrogen-bond acceptors (Lipinski definition) is 4. The third-order valence-corrected chi connectivity index (χ3v) is 4.46. The number of carbonyl (C=O) groups is 1. The molecule has 7 heteroatoms. The second-order valence-electron chi connectivity index (χ2n) is 6.31. The van der Waals surface area contributed by atoms with Crippen LogP contribution in [0.25, 0.3) is 0 Å². The zero-order valence-electron chi connectivity index (χ0n) is 14.2. The minimum absolute atomic E-state index is 0.129. The van der Waals surface area contributed by atoms with E-state index >= 15 is 0 Å². The lowest BCUT2D eigenvalue weighted by Crippen LogP contribution is -2.34. The van der Waals surface area contributed by atoms with Gasteiger partial charge < -0.3 is 10.3 Å². The van der Waals surface area contributed by atoms with E-state index in [4.69, 9.17) is 0 Å². The highest BCUT2D eigenvalue weighted by molar-refractivity contribution is 5.92. The summed E-state index contributed by atoms with van der Waals surface area (Å²) in [5, 5.41) is 7.15. The predicted molar refractivity (Wildman–Crippen MR) is 93.6 cm³/mol. The number of carbonyl (C=O) groups excluding carboxylic acids is 1. The number of H-pyrrole nitrogens is 1. The number of pyridine rings is 1. The smallest absolute Gasteiger partial charge is 0.272 e. The molecule has 2 heterocycles. The average Bonchev–Trinajstić information content (AvgIpc) is 2.61. The van der Waals surface area contributed by atoms with Gasteiger partial charge >= 0.3 is 0 Å². The van der Waals surface area contributed by atoms with Crippen LogP contribution in [0.1, 0.15) is 60.4 Å². The molecule has 0 aromatic carbocycles. The molecule has 2 N–H and O–H groups in total. The van der Waals surface area contributed by atoms with E-state index in [1.54, 1.807) is 6.07 Å². The zero-order valence-corrected chi connectivity index (χ0v) is 14.2. The van der Waals surface area contributed by atoms with Gasteiger partial charge in [0.05, 0.1) is 6.04 Å². The molecule has 7 nitrogen and oxygen atoms in total. The number of aromatic amines is 1.